The molecule has 0 saturated heterocycles. The van der Waals surface area contributed by atoms with Gasteiger partial charge in [0.25, 0.3) is 0 Å². The normalized spacial score (nSPS) is 15.2. The number of nitrogens with two attached hydrogens (primary N) is 1. The van der Waals surface area contributed by atoms with E-state index in [2.05, 4.69) is 21.8 Å². The first-order chi connectivity index (χ1) is 8.63. The minimum absolute atomic E-state index is 0. The summed E-state index contributed by atoms with van der Waals surface area (Å²) in [5.41, 5.74) is 6.77. The molecule has 0 aliphatic heterocycles. The Labute approximate surface area is 133 Å². The van der Waals surface area contributed by atoms with Gasteiger partial charge in [-0.05, 0) is 19.8 Å². The first-order valence-electron chi connectivity index (χ1n) is 6.54. The summed E-state index contributed by atoms with van der Waals surface area (Å²) in [6.45, 7) is 9.91. The smallest absolute Gasteiger partial charge is 0.188 e. The van der Waals surface area contributed by atoms with Crippen molar-refractivity contribution in [3.63, 3.8) is 0 Å². The van der Waals surface area contributed by atoms with E-state index in [-0.39, 0.29) is 24.0 Å². The number of halogens is 1. The highest BCUT2D eigenvalue weighted by atomic mass is 127. The Kier molecular flexibility index (Phi) is 10.3. The van der Waals surface area contributed by atoms with Gasteiger partial charge in [0.15, 0.2) is 5.96 Å². The van der Waals surface area contributed by atoms with Gasteiger partial charge in [-0.1, -0.05) is 12.2 Å². The van der Waals surface area contributed by atoms with E-state index in [9.17, 15) is 0 Å². The number of aliphatic imine (C=N–C) groups is 1. The minimum atomic E-state index is 0. The zero-order valence-corrected chi connectivity index (χ0v) is 14.4. The van der Waals surface area contributed by atoms with Crippen LogP contribution in [-0.4, -0.2) is 56.8 Å². The van der Waals surface area contributed by atoms with Crippen LogP contribution in [0.2, 0.25) is 0 Å². The van der Waals surface area contributed by atoms with Crippen LogP contribution in [-0.2, 0) is 4.74 Å². The first-order valence-corrected chi connectivity index (χ1v) is 6.54. The van der Waals surface area contributed by atoms with Crippen LogP contribution in [0.3, 0.4) is 0 Å². The highest BCUT2D eigenvalue weighted by molar-refractivity contribution is 14.0. The van der Waals surface area contributed by atoms with E-state index in [1.54, 1.807) is 7.11 Å². The van der Waals surface area contributed by atoms with Crippen molar-refractivity contribution in [2.24, 2.45) is 10.7 Å². The van der Waals surface area contributed by atoms with E-state index in [4.69, 9.17) is 10.5 Å². The molecule has 19 heavy (non-hydrogen) atoms. The molecule has 1 rings (SSSR count). The molecule has 0 aromatic carbocycles. The Balaban J connectivity index is 0.00000324. The van der Waals surface area contributed by atoms with Crippen LogP contribution in [0, 0.1) is 0 Å². The molecule has 1 fully saturated rings. The Morgan fingerprint density at radius 3 is 2.68 bits per heavy atom. The molecule has 1 aliphatic carbocycles. The third kappa shape index (κ3) is 9.23. The number of methoxy groups -OCH3 is 1. The van der Waals surface area contributed by atoms with Crippen LogP contribution in [0.4, 0.5) is 0 Å². The van der Waals surface area contributed by atoms with Crippen LogP contribution >= 0.6 is 24.0 Å². The van der Waals surface area contributed by atoms with Gasteiger partial charge in [-0.3, -0.25) is 4.90 Å². The maximum atomic E-state index is 5.75. The number of hydrogen-bond acceptors (Lipinski definition) is 3. The maximum absolute atomic E-state index is 5.75. The van der Waals surface area contributed by atoms with Crippen LogP contribution in [0.5, 0.6) is 0 Å². The quantitative estimate of drug-likeness (QED) is 0.272. The zero-order chi connectivity index (χ0) is 13.4. The van der Waals surface area contributed by atoms with Gasteiger partial charge in [-0.25, -0.2) is 4.99 Å². The van der Waals surface area contributed by atoms with Crippen molar-refractivity contribution < 1.29 is 4.74 Å². The van der Waals surface area contributed by atoms with E-state index >= 15 is 0 Å². The molecule has 0 amide bonds. The van der Waals surface area contributed by atoms with Crippen LogP contribution in [0.25, 0.3) is 0 Å². The third-order valence-corrected chi connectivity index (χ3v) is 2.87. The average molecular weight is 382 g/mol. The number of nitrogens with zero attached hydrogens (tertiary/aromatic N) is 2. The molecule has 5 nitrogen and oxygen atoms in total. The molecule has 1 aliphatic rings. The van der Waals surface area contributed by atoms with Gasteiger partial charge in [-0.15, -0.1) is 24.0 Å². The number of ether oxygens (including phenoxy) is 1. The summed E-state index contributed by atoms with van der Waals surface area (Å²) in [4.78, 5) is 6.63. The monoisotopic (exact) mass is 382 g/mol. The number of hydrogen-bond donors (Lipinski definition) is 2. The van der Waals surface area contributed by atoms with Crippen molar-refractivity contribution in [3.05, 3.63) is 12.2 Å². The fourth-order valence-electron chi connectivity index (χ4n) is 1.73. The lowest BCUT2D eigenvalue weighted by atomic mass is 10.4. The summed E-state index contributed by atoms with van der Waals surface area (Å²) in [5.74, 6) is 0.500. The lowest BCUT2D eigenvalue weighted by Gasteiger charge is -2.21. The molecule has 6 heteroatoms. The van der Waals surface area contributed by atoms with Crippen molar-refractivity contribution in [1.82, 2.24) is 10.2 Å². The Morgan fingerprint density at radius 1 is 1.47 bits per heavy atom. The maximum Gasteiger partial charge on any atom is 0.188 e. The Bertz CT molecular complexity index is 292. The SMILES string of the molecule is C=C(C)CN=C(N)NCCN(CCOC)C1CC1.I. The van der Waals surface area contributed by atoms with Gasteiger partial charge in [0.1, 0.15) is 0 Å². The predicted octanol–water partition coefficient (Wildman–Crippen LogP) is 1.20. The molecule has 3 N–H and O–H groups in total. The largest absolute Gasteiger partial charge is 0.383 e. The summed E-state index contributed by atoms with van der Waals surface area (Å²) in [6, 6.07) is 0.746. The molecule has 1 saturated carbocycles. The molecular weight excluding hydrogens is 355 g/mol. The molecule has 0 bridgehead atoms. The first kappa shape index (κ1) is 18.7. The van der Waals surface area contributed by atoms with Gasteiger partial charge in [0, 0.05) is 32.8 Å². The van der Waals surface area contributed by atoms with E-state index in [0.717, 1.165) is 37.9 Å². The van der Waals surface area contributed by atoms with Gasteiger partial charge in [0.05, 0.1) is 13.2 Å². The Hall–Kier alpha value is -0.340. The van der Waals surface area contributed by atoms with E-state index < -0.39 is 0 Å². The summed E-state index contributed by atoms with van der Waals surface area (Å²) >= 11 is 0. The van der Waals surface area contributed by atoms with Gasteiger partial charge >= 0.3 is 0 Å². The second kappa shape index (κ2) is 10.4. The zero-order valence-electron chi connectivity index (χ0n) is 12.0. The average Bonchev–Trinajstić information content (AvgIpc) is 3.15. The summed E-state index contributed by atoms with van der Waals surface area (Å²) < 4.78 is 5.12. The number of nitrogens with one attached hydrogen (secondary N) is 1. The summed E-state index contributed by atoms with van der Waals surface area (Å²) in [7, 11) is 1.74. The molecule has 0 atom stereocenters. The topological polar surface area (TPSA) is 62.9 Å². The van der Waals surface area contributed by atoms with Crippen molar-refractivity contribution in [2.45, 2.75) is 25.8 Å². The van der Waals surface area contributed by atoms with E-state index in [0.29, 0.717) is 12.5 Å². The molecule has 0 aromatic rings. The lowest BCUT2D eigenvalue weighted by Crippen LogP contribution is -2.40. The van der Waals surface area contributed by atoms with Gasteiger partial charge in [0.2, 0.25) is 0 Å². The minimum Gasteiger partial charge on any atom is -0.383 e. The molecule has 0 heterocycles. The second-order valence-corrected chi connectivity index (χ2v) is 4.85. The number of guanidine groups is 1. The van der Waals surface area contributed by atoms with Crippen molar-refractivity contribution in [2.75, 3.05) is 39.9 Å². The molecular formula is C13H27IN4O. The number of rotatable bonds is 9. The highest BCUT2D eigenvalue weighted by Gasteiger charge is 2.27. The van der Waals surface area contributed by atoms with Gasteiger partial charge in [-0.2, -0.15) is 0 Å². The van der Waals surface area contributed by atoms with Crippen LogP contribution in [0.1, 0.15) is 19.8 Å². The molecule has 0 spiro atoms. The van der Waals surface area contributed by atoms with Crippen LogP contribution < -0.4 is 11.1 Å². The predicted molar refractivity (Wildman–Crippen MR) is 91.2 cm³/mol. The van der Waals surface area contributed by atoms with Gasteiger partial charge < -0.3 is 15.8 Å². The molecule has 0 radical (unpaired) electrons. The summed E-state index contributed by atoms with van der Waals surface area (Å²) in [6.07, 6.45) is 2.62. The fourth-order valence-corrected chi connectivity index (χ4v) is 1.73. The Morgan fingerprint density at radius 2 is 2.16 bits per heavy atom. The molecule has 112 valence electrons. The standard InChI is InChI=1S/C13H26N4O.HI/c1-11(2)10-16-13(14)15-6-7-17(8-9-18-3)12-4-5-12;/h12H,1,4-10H2,2-3H3,(H3,14,15,16);1H. The fraction of sp³-hybridized carbons (Fsp3) is 0.769. The van der Waals surface area contributed by atoms with Crippen molar-refractivity contribution in [1.29, 1.82) is 0 Å². The molecule has 0 unspecified atom stereocenters. The lowest BCUT2D eigenvalue weighted by molar-refractivity contribution is 0.144. The van der Waals surface area contributed by atoms with E-state index in [1.165, 1.54) is 12.8 Å². The van der Waals surface area contributed by atoms with Crippen LogP contribution in [0.15, 0.2) is 17.1 Å². The van der Waals surface area contributed by atoms with E-state index in [1.807, 2.05) is 6.92 Å². The highest BCUT2D eigenvalue weighted by Crippen LogP contribution is 2.25. The molecule has 0 aromatic heterocycles. The van der Waals surface area contributed by atoms with Crippen molar-refractivity contribution >= 4 is 29.9 Å². The van der Waals surface area contributed by atoms with Crippen molar-refractivity contribution in [3.8, 4) is 0 Å². The third-order valence-electron chi connectivity index (χ3n) is 2.87. The second-order valence-electron chi connectivity index (χ2n) is 4.85. The summed E-state index contributed by atoms with van der Waals surface area (Å²) in [5, 5.41) is 3.13.